The van der Waals surface area contributed by atoms with Gasteiger partial charge in [-0.1, -0.05) is 6.07 Å². The first kappa shape index (κ1) is 19.5. The van der Waals surface area contributed by atoms with Gasteiger partial charge in [0.05, 0.1) is 18.1 Å². The lowest BCUT2D eigenvalue weighted by molar-refractivity contribution is 0.129. The summed E-state index contributed by atoms with van der Waals surface area (Å²) in [6, 6.07) is 5.06. The quantitative estimate of drug-likeness (QED) is 0.735. The zero-order valence-electron chi connectivity index (χ0n) is 14.9. The Hall–Kier alpha value is -1.80. The summed E-state index contributed by atoms with van der Waals surface area (Å²) < 4.78 is 34.0. The van der Waals surface area contributed by atoms with Crippen LogP contribution in [0.2, 0.25) is 0 Å². The maximum atomic E-state index is 12.4. The first-order chi connectivity index (χ1) is 11.8. The number of carbonyl (C=O) groups is 1. The third-order valence-corrected chi connectivity index (χ3v) is 6.14. The van der Waals surface area contributed by atoms with Gasteiger partial charge in [-0.2, -0.15) is 0 Å². The third-order valence-electron chi connectivity index (χ3n) is 4.39. The van der Waals surface area contributed by atoms with E-state index in [1.54, 1.807) is 7.11 Å². The number of urea groups is 1. The second kappa shape index (κ2) is 8.53. The Labute approximate surface area is 149 Å². The van der Waals surface area contributed by atoms with Crippen LogP contribution in [0.4, 0.5) is 4.79 Å². The van der Waals surface area contributed by atoms with E-state index in [-0.39, 0.29) is 30.3 Å². The van der Waals surface area contributed by atoms with Gasteiger partial charge in [-0.25, -0.2) is 13.2 Å². The van der Waals surface area contributed by atoms with Gasteiger partial charge in [-0.05, 0) is 43.5 Å². The van der Waals surface area contributed by atoms with Gasteiger partial charge in [-0.15, -0.1) is 0 Å². The van der Waals surface area contributed by atoms with Gasteiger partial charge in [0.1, 0.15) is 5.75 Å². The van der Waals surface area contributed by atoms with Crippen molar-refractivity contribution in [1.29, 1.82) is 0 Å². The minimum Gasteiger partial charge on any atom is -0.473 e. The molecule has 1 fully saturated rings. The summed E-state index contributed by atoms with van der Waals surface area (Å²) >= 11 is 0. The predicted molar refractivity (Wildman–Crippen MR) is 95.6 cm³/mol. The Kier molecular flexibility index (Phi) is 6.66. The molecule has 0 bridgehead atoms. The number of sulfone groups is 1. The summed E-state index contributed by atoms with van der Waals surface area (Å²) in [5.74, 6) is 0.797. The molecule has 1 atom stereocenters. The van der Waals surface area contributed by atoms with E-state index < -0.39 is 9.84 Å². The molecule has 0 spiro atoms. The number of rotatable bonds is 7. The maximum absolute atomic E-state index is 12.4. The molecule has 8 heteroatoms. The van der Waals surface area contributed by atoms with E-state index in [0.29, 0.717) is 25.3 Å². The van der Waals surface area contributed by atoms with E-state index >= 15 is 0 Å². The molecule has 25 heavy (non-hydrogen) atoms. The number of aryl methyl sites for hydroxylation is 2. The average molecular weight is 370 g/mol. The van der Waals surface area contributed by atoms with Crippen molar-refractivity contribution in [2.45, 2.75) is 26.3 Å². The summed E-state index contributed by atoms with van der Waals surface area (Å²) in [4.78, 5) is 14.0. The molecule has 0 aliphatic carbocycles. The summed E-state index contributed by atoms with van der Waals surface area (Å²) in [5.41, 5.74) is 2.28. The van der Waals surface area contributed by atoms with Crippen molar-refractivity contribution in [3.05, 3.63) is 29.3 Å². The van der Waals surface area contributed by atoms with E-state index in [0.717, 1.165) is 5.56 Å². The SMILES string of the molecule is COCCN(C(=O)NCOc1ccc(C)c(C)c1)C1CCS(=O)(=O)C1. The van der Waals surface area contributed by atoms with Crippen molar-refractivity contribution < 1.29 is 22.7 Å². The fraction of sp³-hybridized carbons (Fsp3) is 0.588. The monoisotopic (exact) mass is 370 g/mol. The molecule has 1 saturated heterocycles. The number of benzene rings is 1. The molecule has 7 nitrogen and oxygen atoms in total. The molecule has 0 aromatic heterocycles. The lowest BCUT2D eigenvalue weighted by Crippen LogP contribution is -2.49. The van der Waals surface area contributed by atoms with E-state index in [1.807, 2.05) is 32.0 Å². The summed E-state index contributed by atoms with van der Waals surface area (Å²) in [5, 5.41) is 2.69. The molecule has 1 aromatic carbocycles. The molecule has 0 radical (unpaired) electrons. The number of carbonyl (C=O) groups excluding carboxylic acids is 1. The highest BCUT2D eigenvalue weighted by Crippen LogP contribution is 2.18. The topological polar surface area (TPSA) is 84.9 Å². The van der Waals surface area contributed by atoms with Crippen LogP contribution in [0, 0.1) is 13.8 Å². The standard InChI is InChI=1S/C17H26N2O5S/c1-13-4-5-16(10-14(13)2)24-12-18-17(20)19(7-8-23-3)15-6-9-25(21,22)11-15/h4-5,10,15H,6-9,11-12H2,1-3H3,(H,18,20). The van der Waals surface area contributed by atoms with Crippen molar-refractivity contribution in [1.82, 2.24) is 10.2 Å². The molecule has 1 unspecified atom stereocenters. The van der Waals surface area contributed by atoms with Crippen LogP contribution in [0.25, 0.3) is 0 Å². The highest BCUT2D eigenvalue weighted by atomic mass is 32.2. The second-order valence-electron chi connectivity index (χ2n) is 6.26. The van der Waals surface area contributed by atoms with Crippen molar-refractivity contribution in [2.75, 3.05) is 38.5 Å². The Morgan fingerprint density at radius 2 is 2.08 bits per heavy atom. The van der Waals surface area contributed by atoms with Gasteiger partial charge in [-0.3, -0.25) is 0 Å². The molecule has 0 saturated carbocycles. The van der Waals surface area contributed by atoms with Gasteiger partial charge >= 0.3 is 6.03 Å². The zero-order chi connectivity index (χ0) is 18.4. The molecule has 2 amide bonds. The second-order valence-corrected chi connectivity index (χ2v) is 8.49. The average Bonchev–Trinajstić information content (AvgIpc) is 2.91. The normalized spacial score (nSPS) is 18.8. The van der Waals surface area contributed by atoms with Crippen LogP contribution in [-0.2, 0) is 14.6 Å². The molecule has 1 heterocycles. The van der Waals surface area contributed by atoms with Crippen LogP contribution < -0.4 is 10.1 Å². The van der Waals surface area contributed by atoms with Crippen molar-refractivity contribution in [2.24, 2.45) is 0 Å². The molecule has 1 aliphatic heterocycles. The molecule has 1 N–H and O–H groups in total. The first-order valence-corrected chi connectivity index (χ1v) is 10.1. The lowest BCUT2D eigenvalue weighted by Gasteiger charge is -2.28. The van der Waals surface area contributed by atoms with E-state index in [9.17, 15) is 13.2 Å². The van der Waals surface area contributed by atoms with E-state index in [1.165, 1.54) is 10.5 Å². The van der Waals surface area contributed by atoms with Crippen molar-refractivity contribution in [3.8, 4) is 5.75 Å². The number of hydrogen-bond donors (Lipinski definition) is 1. The molecule has 1 aliphatic rings. The third kappa shape index (κ3) is 5.61. The number of amides is 2. The maximum Gasteiger partial charge on any atom is 0.320 e. The first-order valence-electron chi connectivity index (χ1n) is 8.26. The Bertz CT molecular complexity index is 705. The summed E-state index contributed by atoms with van der Waals surface area (Å²) in [6.07, 6.45) is 0.456. The molecule has 2 rings (SSSR count). The van der Waals surface area contributed by atoms with Crippen LogP contribution in [0.3, 0.4) is 0 Å². The predicted octanol–water partition coefficient (Wildman–Crippen LogP) is 1.48. The minimum absolute atomic E-state index is 0.00213. The highest BCUT2D eigenvalue weighted by molar-refractivity contribution is 7.91. The highest BCUT2D eigenvalue weighted by Gasteiger charge is 2.34. The van der Waals surface area contributed by atoms with Gasteiger partial charge in [0.25, 0.3) is 0 Å². The smallest absolute Gasteiger partial charge is 0.320 e. The molecule has 140 valence electrons. The largest absolute Gasteiger partial charge is 0.473 e. The minimum atomic E-state index is -3.07. The Morgan fingerprint density at radius 1 is 1.32 bits per heavy atom. The Morgan fingerprint density at radius 3 is 2.68 bits per heavy atom. The number of nitrogens with zero attached hydrogens (tertiary/aromatic N) is 1. The van der Waals surface area contributed by atoms with Crippen LogP contribution in [0.15, 0.2) is 18.2 Å². The summed E-state index contributed by atoms with van der Waals surface area (Å²) in [7, 11) is -1.52. The Balaban J connectivity index is 1.91. The van der Waals surface area contributed by atoms with Gasteiger partial charge in [0.2, 0.25) is 0 Å². The van der Waals surface area contributed by atoms with E-state index in [4.69, 9.17) is 9.47 Å². The van der Waals surface area contributed by atoms with E-state index in [2.05, 4.69) is 5.32 Å². The lowest BCUT2D eigenvalue weighted by atomic mass is 10.1. The molecular formula is C17H26N2O5S. The number of methoxy groups -OCH3 is 1. The number of nitrogens with one attached hydrogen (secondary N) is 1. The van der Waals surface area contributed by atoms with Gasteiger partial charge in [0.15, 0.2) is 16.6 Å². The van der Waals surface area contributed by atoms with Crippen LogP contribution in [0.5, 0.6) is 5.75 Å². The fourth-order valence-corrected chi connectivity index (χ4v) is 4.48. The number of ether oxygens (including phenoxy) is 2. The van der Waals surface area contributed by atoms with Crippen LogP contribution in [0.1, 0.15) is 17.5 Å². The van der Waals surface area contributed by atoms with Crippen LogP contribution >= 0.6 is 0 Å². The summed E-state index contributed by atoms with van der Waals surface area (Å²) in [6.45, 7) is 4.72. The fourth-order valence-electron chi connectivity index (χ4n) is 2.75. The zero-order valence-corrected chi connectivity index (χ0v) is 15.8. The molecule has 1 aromatic rings. The van der Waals surface area contributed by atoms with Crippen LogP contribution in [-0.4, -0.2) is 63.9 Å². The van der Waals surface area contributed by atoms with Crippen molar-refractivity contribution in [3.63, 3.8) is 0 Å². The van der Waals surface area contributed by atoms with Gasteiger partial charge < -0.3 is 19.7 Å². The molecular weight excluding hydrogens is 344 g/mol. The number of hydrogen-bond acceptors (Lipinski definition) is 5. The van der Waals surface area contributed by atoms with Crippen molar-refractivity contribution >= 4 is 15.9 Å². The van der Waals surface area contributed by atoms with Gasteiger partial charge in [0, 0.05) is 19.7 Å².